The maximum absolute atomic E-state index is 4.23. The van der Waals surface area contributed by atoms with E-state index in [-0.39, 0.29) is 0 Å². The molecule has 0 aliphatic heterocycles. The molecule has 0 aliphatic carbocycles. The van der Waals surface area contributed by atoms with Gasteiger partial charge in [0.05, 0.1) is 0 Å². The van der Waals surface area contributed by atoms with Crippen molar-refractivity contribution < 1.29 is 0 Å². The summed E-state index contributed by atoms with van der Waals surface area (Å²) < 4.78 is 0. The molecule has 0 nitrogen and oxygen atoms in total. The summed E-state index contributed by atoms with van der Waals surface area (Å²) in [5.74, 6) is 2.03. The molecule has 0 spiro atoms. The van der Waals surface area contributed by atoms with Crippen LogP contribution in [0.4, 0.5) is 0 Å². The molecule has 0 bridgehead atoms. The second kappa shape index (κ2) is 8.45. The second-order valence-corrected chi connectivity index (χ2v) is 3.73. The van der Waals surface area contributed by atoms with Crippen LogP contribution in [-0.4, -0.2) is 5.75 Å². The predicted molar refractivity (Wildman–Crippen MR) is 56.4 cm³/mol. The van der Waals surface area contributed by atoms with Gasteiger partial charge in [-0.1, -0.05) is 39.5 Å². The SMILES string of the molecule is CCCCC(CC)CCCS. The first kappa shape index (κ1) is 11.4. The van der Waals surface area contributed by atoms with E-state index < -0.39 is 0 Å². The molecular formula is C10H22S. The van der Waals surface area contributed by atoms with Gasteiger partial charge in [0.1, 0.15) is 0 Å². The fraction of sp³-hybridized carbons (Fsp3) is 1.00. The first-order valence-electron chi connectivity index (χ1n) is 4.96. The maximum atomic E-state index is 4.23. The van der Waals surface area contributed by atoms with Gasteiger partial charge in [-0.15, -0.1) is 0 Å². The van der Waals surface area contributed by atoms with Crippen molar-refractivity contribution in [2.24, 2.45) is 5.92 Å². The Morgan fingerprint density at radius 3 is 2.18 bits per heavy atom. The Kier molecular flexibility index (Phi) is 8.72. The van der Waals surface area contributed by atoms with Crippen LogP contribution >= 0.6 is 12.6 Å². The fourth-order valence-electron chi connectivity index (χ4n) is 1.43. The summed E-state index contributed by atoms with van der Waals surface area (Å²) in [6, 6.07) is 0. The molecule has 1 unspecified atom stereocenters. The lowest BCUT2D eigenvalue weighted by Gasteiger charge is -2.12. The normalized spacial score (nSPS) is 13.4. The third-order valence-corrected chi connectivity index (χ3v) is 2.63. The van der Waals surface area contributed by atoms with Crippen LogP contribution in [-0.2, 0) is 0 Å². The molecule has 0 N–H and O–H groups in total. The quantitative estimate of drug-likeness (QED) is 0.556. The Labute approximate surface area is 77.2 Å². The minimum Gasteiger partial charge on any atom is -0.179 e. The lowest BCUT2D eigenvalue weighted by Crippen LogP contribution is -1.98. The predicted octanol–water partition coefficient (Wildman–Crippen LogP) is 3.91. The van der Waals surface area contributed by atoms with E-state index in [0.717, 1.165) is 11.7 Å². The van der Waals surface area contributed by atoms with Crippen molar-refractivity contribution in [3.63, 3.8) is 0 Å². The number of rotatable bonds is 7. The van der Waals surface area contributed by atoms with Gasteiger partial charge in [0.15, 0.2) is 0 Å². The van der Waals surface area contributed by atoms with Crippen molar-refractivity contribution in [2.75, 3.05) is 5.75 Å². The monoisotopic (exact) mass is 174 g/mol. The van der Waals surface area contributed by atoms with E-state index in [1.54, 1.807) is 0 Å². The van der Waals surface area contributed by atoms with Gasteiger partial charge in [0.2, 0.25) is 0 Å². The lowest BCUT2D eigenvalue weighted by molar-refractivity contribution is 0.419. The Morgan fingerprint density at radius 2 is 1.73 bits per heavy atom. The first-order valence-corrected chi connectivity index (χ1v) is 5.59. The van der Waals surface area contributed by atoms with Crippen molar-refractivity contribution in [1.29, 1.82) is 0 Å². The standard InChI is InChI=1S/C10H22S/c1-3-5-7-10(4-2)8-6-9-11/h10-11H,3-9H2,1-2H3. The van der Waals surface area contributed by atoms with Crippen LogP contribution in [0.1, 0.15) is 52.4 Å². The van der Waals surface area contributed by atoms with Crippen LogP contribution in [0.25, 0.3) is 0 Å². The Morgan fingerprint density at radius 1 is 1.09 bits per heavy atom. The summed E-state index contributed by atoms with van der Waals surface area (Å²) in [6.07, 6.45) is 8.22. The molecule has 0 aliphatic rings. The van der Waals surface area contributed by atoms with Crippen LogP contribution in [0.15, 0.2) is 0 Å². The Hall–Kier alpha value is 0.350. The van der Waals surface area contributed by atoms with E-state index in [2.05, 4.69) is 26.5 Å². The molecule has 0 aromatic carbocycles. The van der Waals surface area contributed by atoms with E-state index in [1.165, 1.54) is 38.5 Å². The van der Waals surface area contributed by atoms with Crippen LogP contribution in [0, 0.1) is 5.92 Å². The van der Waals surface area contributed by atoms with E-state index in [9.17, 15) is 0 Å². The molecule has 0 fully saturated rings. The molecule has 0 rings (SSSR count). The molecule has 0 saturated heterocycles. The maximum Gasteiger partial charge on any atom is -0.00978 e. The zero-order chi connectivity index (χ0) is 8.53. The van der Waals surface area contributed by atoms with Crippen molar-refractivity contribution in [1.82, 2.24) is 0 Å². The summed E-state index contributed by atoms with van der Waals surface area (Å²) in [5.41, 5.74) is 0. The van der Waals surface area contributed by atoms with Crippen LogP contribution in [0.2, 0.25) is 0 Å². The average molecular weight is 174 g/mol. The number of hydrogen-bond acceptors (Lipinski definition) is 1. The molecule has 0 radical (unpaired) electrons. The zero-order valence-corrected chi connectivity index (χ0v) is 8.87. The molecule has 0 aromatic rings. The Bertz CT molecular complexity index is 63.3. The Balaban J connectivity index is 3.25. The van der Waals surface area contributed by atoms with Crippen molar-refractivity contribution >= 4 is 12.6 Å². The molecule has 68 valence electrons. The van der Waals surface area contributed by atoms with Gasteiger partial charge in [-0.25, -0.2) is 0 Å². The fourth-order valence-corrected chi connectivity index (χ4v) is 1.61. The minimum atomic E-state index is 0.974. The molecular weight excluding hydrogens is 152 g/mol. The summed E-state index contributed by atoms with van der Waals surface area (Å²) in [5, 5.41) is 0. The van der Waals surface area contributed by atoms with Crippen molar-refractivity contribution in [3.05, 3.63) is 0 Å². The highest BCUT2D eigenvalue weighted by Gasteiger charge is 2.03. The van der Waals surface area contributed by atoms with E-state index in [4.69, 9.17) is 0 Å². The number of unbranched alkanes of at least 4 members (excludes halogenated alkanes) is 1. The van der Waals surface area contributed by atoms with E-state index in [0.29, 0.717) is 0 Å². The molecule has 0 amide bonds. The van der Waals surface area contributed by atoms with Gasteiger partial charge >= 0.3 is 0 Å². The largest absolute Gasteiger partial charge is 0.179 e. The zero-order valence-electron chi connectivity index (χ0n) is 7.97. The number of hydrogen-bond donors (Lipinski definition) is 1. The third kappa shape index (κ3) is 6.74. The molecule has 11 heavy (non-hydrogen) atoms. The van der Waals surface area contributed by atoms with Crippen LogP contribution in [0.3, 0.4) is 0 Å². The van der Waals surface area contributed by atoms with Gasteiger partial charge in [0, 0.05) is 0 Å². The summed E-state index contributed by atoms with van der Waals surface area (Å²) in [4.78, 5) is 0. The van der Waals surface area contributed by atoms with Crippen LogP contribution in [0.5, 0.6) is 0 Å². The average Bonchev–Trinajstić information content (AvgIpc) is 2.05. The smallest absolute Gasteiger partial charge is 0.00978 e. The molecule has 0 saturated carbocycles. The first-order chi connectivity index (χ1) is 5.35. The topological polar surface area (TPSA) is 0 Å². The number of thiol groups is 1. The van der Waals surface area contributed by atoms with Gasteiger partial charge in [-0.3, -0.25) is 0 Å². The lowest BCUT2D eigenvalue weighted by atomic mass is 9.95. The molecule has 0 aromatic heterocycles. The highest BCUT2D eigenvalue weighted by Crippen LogP contribution is 2.18. The van der Waals surface area contributed by atoms with Crippen molar-refractivity contribution in [3.8, 4) is 0 Å². The summed E-state index contributed by atoms with van der Waals surface area (Å²) in [6.45, 7) is 4.57. The molecule has 1 heteroatoms. The highest BCUT2D eigenvalue weighted by molar-refractivity contribution is 7.80. The minimum absolute atomic E-state index is 0.974. The molecule has 0 heterocycles. The van der Waals surface area contributed by atoms with E-state index in [1.807, 2.05) is 0 Å². The van der Waals surface area contributed by atoms with Gasteiger partial charge in [0.25, 0.3) is 0 Å². The van der Waals surface area contributed by atoms with E-state index >= 15 is 0 Å². The summed E-state index contributed by atoms with van der Waals surface area (Å²) >= 11 is 4.23. The van der Waals surface area contributed by atoms with Gasteiger partial charge in [-0.05, 0) is 24.5 Å². The second-order valence-electron chi connectivity index (χ2n) is 3.28. The van der Waals surface area contributed by atoms with Crippen molar-refractivity contribution in [2.45, 2.75) is 52.4 Å². The van der Waals surface area contributed by atoms with Gasteiger partial charge < -0.3 is 0 Å². The highest BCUT2D eigenvalue weighted by atomic mass is 32.1. The van der Waals surface area contributed by atoms with Crippen LogP contribution < -0.4 is 0 Å². The third-order valence-electron chi connectivity index (χ3n) is 2.31. The van der Waals surface area contributed by atoms with Gasteiger partial charge in [-0.2, -0.15) is 12.6 Å². The molecule has 1 atom stereocenters. The summed E-state index contributed by atoms with van der Waals surface area (Å²) in [7, 11) is 0.